The quantitative estimate of drug-likeness (QED) is 0.752. The number of halogens is 1. The molecule has 1 saturated heterocycles. The van der Waals surface area contributed by atoms with Crippen molar-refractivity contribution in [3.05, 3.63) is 64.7 Å². The first kappa shape index (κ1) is 19.1. The number of benzene rings is 2. The molecule has 3 aliphatic rings. The number of fused-ring (bicyclic) bond motifs is 2. The Morgan fingerprint density at radius 3 is 2.59 bits per heavy atom. The highest BCUT2D eigenvalue weighted by Gasteiger charge is 2.66. The Morgan fingerprint density at radius 2 is 1.86 bits per heavy atom. The molecule has 2 aromatic rings. The Morgan fingerprint density at radius 1 is 1.10 bits per heavy atom. The molecular formula is C24H28ClN3O. The zero-order valence-electron chi connectivity index (χ0n) is 17.1. The minimum Gasteiger partial charge on any atom is -0.310 e. The molecule has 5 rings (SSSR count). The largest absolute Gasteiger partial charge is 0.310 e. The maximum atomic E-state index is 13.6. The summed E-state index contributed by atoms with van der Waals surface area (Å²) in [5.41, 5.74) is 3.16. The van der Waals surface area contributed by atoms with E-state index < -0.39 is 0 Å². The molecular weight excluding hydrogens is 382 g/mol. The van der Waals surface area contributed by atoms with Gasteiger partial charge in [0.1, 0.15) is 0 Å². The molecule has 0 bridgehead atoms. The highest BCUT2D eigenvalue weighted by atomic mass is 35.5. The molecule has 0 N–H and O–H groups in total. The normalized spacial score (nSPS) is 28.6. The van der Waals surface area contributed by atoms with Crippen molar-refractivity contribution in [1.29, 1.82) is 0 Å². The molecule has 1 aliphatic carbocycles. The fourth-order valence-corrected chi connectivity index (χ4v) is 5.47. The summed E-state index contributed by atoms with van der Waals surface area (Å²) in [6, 6.07) is 17.0. The number of amides is 1. The first-order chi connectivity index (χ1) is 14.0. The maximum absolute atomic E-state index is 13.6. The number of hydrogen-bond acceptors (Lipinski definition) is 3. The number of carbonyl (C=O) groups excluding carboxylic acids is 1. The summed E-state index contributed by atoms with van der Waals surface area (Å²) in [7, 11) is 4.31. The number of anilines is 1. The van der Waals surface area contributed by atoms with Gasteiger partial charge < -0.3 is 9.80 Å². The van der Waals surface area contributed by atoms with Gasteiger partial charge in [0.2, 0.25) is 5.91 Å². The van der Waals surface area contributed by atoms with E-state index >= 15 is 0 Å². The molecule has 1 saturated carbocycles. The third-order valence-electron chi connectivity index (χ3n) is 7.15. The van der Waals surface area contributed by atoms with Crippen molar-refractivity contribution in [2.75, 3.05) is 45.2 Å². The lowest BCUT2D eigenvalue weighted by atomic mass is 9.92. The van der Waals surface area contributed by atoms with Gasteiger partial charge in [-0.1, -0.05) is 41.9 Å². The molecule has 1 spiro atoms. The number of hydrogen-bond donors (Lipinski definition) is 0. The average Bonchev–Trinajstić information content (AvgIpc) is 3.20. The third kappa shape index (κ3) is 3.09. The summed E-state index contributed by atoms with van der Waals surface area (Å²) < 4.78 is 0. The van der Waals surface area contributed by atoms with Crippen LogP contribution in [0.3, 0.4) is 0 Å². The van der Waals surface area contributed by atoms with Crippen molar-refractivity contribution in [2.45, 2.75) is 30.2 Å². The van der Waals surface area contributed by atoms with E-state index in [0.717, 1.165) is 43.3 Å². The van der Waals surface area contributed by atoms with Crippen LogP contribution in [0.2, 0.25) is 5.02 Å². The Hall–Kier alpha value is -1.88. The van der Waals surface area contributed by atoms with Gasteiger partial charge in [0.15, 0.2) is 0 Å². The molecule has 2 heterocycles. The summed E-state index contributed by atoms with van der Waals surface area (Å²) in [5, 5.41) is 0.741. The van der Waals surface area contributed by atoms with Crippen molar-refractivity contribution in [2.24, 2.45) is 0 Å². The maximum Gasteiger partial charge on any atom is 0.238 e. The lowest BCUT2D eigenvalue weighted by Crippen LogP contribution is -2.40. The topological polar surface area (TPSA) is 26.8 Å². The molecule has 0 aromatic heterocycles. The Balaban J connectivity index is 1.36. The van der Waals surface area contributed by atoms with Crippen LogP contribution in [0.1, 0.15) is 29.9 Å². The lowest BCUT2D eigenvalue weighted by Gasteiger charge is -2.24. The Labute approximate surface area is 178 Å². The van der Waals surface area contributed by atoms with Crippen LogP contribution >= 0.6 is 11.6 Å². The van der Waals surface area contributed by atoms with E-state index in [0.29, 0.717) is 6.04 Å². The van der Waals surface area contributed by atoms with Gasteiger partial charge in [0, 0.05) is 42.3 Å². The molecule has 0 unspecified atom stereocenters. The van der Waals surface area contributed by atoms with Gasteiger partial charge in [0.25, 0.3) is 0 Å². The van der Waals surface area contributed by atoms with Gasteiger partial charge in [-0.2, -0.15) is 0 Å². The molecule has 1 amide bonds. The average molecular weight is 410 g/mol. The van der Waals surface area contributed by atoms with E-state index in [1.165, 1.54) is 17.5 Å². The molecule has 2 aromatic carbocycles. The summed E-state index contributed by atoms with van der Waals surface area (Å²) >= 11 is 6.07. The molecule has 29 heavy (non-hydrogen) atoms. The Kier molecular flexibility index (Phi) is 4.69. The van der Waals surface area contributed by atoms with Crippen LogP contribution in [0.5, 0.6) is 0 Å². The van der Waals surface area contributed by atoms with Gasteiger partial charge >= 0.3 is 0 Å². The van der Waals surface area contributed by atoms with E-state index in [1.807, 2.05) is 17.0 Å². The summed E-state index contributed by atoms with van der Waals surface area (Å²) in [5.74, 6) is 0.533. The minimum atomic E-state index is -0.373. The number of nitrogens with zero attached hydrogens (tertiary/aromatic N) is 3. The first-order valence-corrected chi connectivity index (χ1v) is 10.9. The number of para-hydroxylation sites is 1. The number of likely N-dealkylation sites (N-methyl/N-ethyl adjacent to an activating group) is 1. The van der Waals surface area contributed by atoms with Gasteiger partial charge in [0.05, 0.1) is 5.41 Å². The van der Waals surface area contributed by atoms with E-state index in [1.54, 1.807) is 0 Å². The van der Waals surface area contributed by atoms with Crippen molar-refractivity contribution < 1.29 is 4.79 Å². The number of carbonyl (C=O) groups is 1. The van der Waals surface area contributed by atoms with Gasteiger partial charge in [-0.05, 0) is 62.8 Å². The van der Waals surface area contributed by atoms with Crippen molar-refractivity contribution in [3.8, 4) is 0 Å². The van der Waals surface area contributed by atoms with Crippen molar-refractivity contribution >= 4 is 23.2 Å². The molecule has 2 fully saturated rings. The zero-order chi connectivity index (χ0) is 20.2. The van der Waals surface area contributed by atoms with Crippen LogP contribution in [-0.2, 0) is 10.2 Å². The zero-order valence-corrected chi connectivity index (χ0v) is 17.9. The smallest absolute Gasteiger partial charge is 0.238 e. The number of rotatable bonds is 5. The standard InChI is InChI=1S/C24H28ClN3O/c1-26(2)19-11-12-27(16-19)13-14-28-22-6-4-3-5-20(22)24(23(28)29)15-21(24)17-7-9-18(25)10-8-17/h3-10,19,21H,11-16H2,1-2H3/t19-,21-,24-/m0/s1. The SMILES string of the molecule is CN(C)[C@H]1CCN(CCN2C(=O)[C@@]3(C[C@H]3c3ccc(Cl)cc3)c3ccccc32)C1. The molecule has 2 aliphatic heterocycles. The van der Waals surface area contributed by atoms with Crippen molar-refractivity contribution in [1.82, 2.24) is 9.80 Å². The second-order valence-corrected chi connectivity index (χ2v) is 9.40. The van der Waals surface area contributed by atoms with Crippen LogP contribution in [-0.4, -0.2) is 62.0 Å². The lowest BCUT2D eigenvalue weighted by molar-refractivity contribution is -0.120. The second kappa shape index (κ2) is 7.12. The molecule has 4 nitrogen and oxygen atoms in total. The Bertz CT molecular complexity index is 928. The minimum absolute atomic E-state index is 0.253. The third-order valence-corrected chi connectivity index (χ3v) is 7.41. The molecule has 152 valence electrons. The summed E-state index contributed by atoms with van der Waals surface area (Å²) in [6.45, 7) is 3.91. The first-order valence-electron chi connectivity index (χ1n) is 10.6. The summed E-state index contributed by atoms with van der Waals surface area (Å²) in [6.07, 6.45) is 2.10. The fraction of sp³-hybridized carbons (Fsp3) is 0.458. The van der Waals surface area contributed by atoms with Gasteiger partial charge in [-0.3, -0.25) is 9.69 Å². The van der Waals surface area contributed by atoms with E-state index in [9.17, 15) is 4.79 Å². The predicted molar refractivity (Wildman–Crippen MR) is 118 cm³/mol. The van der Waals surface area contributed by atoms with E-state index in [-0.39, 0.29) is 17.2 Å². The van der Waals surface area contributed by atoms with Crippen molar-refractivity contribution in [3.63, 3.8) is 0 Å². The number of likely N-dealkylation sites (tertiary alicyclic amines) is 1. The van der Waals surface area contributed by atoms with Crippen LogP contribution in [0.4, 0.5) is 5.69 Å². The summed E-state index contributed by atoms with van der Waals surface area (Å²) in [4.78, 5) is 20.5. The highest BCUT2D eigenvalue weighted by Crippen LogP contribution is 2.66. The monoisotopic (exact) mass is 409 g/mol. The molecule has 5 heteroatoms. The van der Waals surface area contributed by atoms with Crippen LogP contribution in [0.15, 0.2) is 48.5 Å². The second-order valence-electron chi connectivity index (χ2n) is 8.96. The highest BCUT2D eigenvalue weighted by molar-refractivity contribution is 6.30. The molecule has 3 atom stereocenters. The van der Waals surface area contributed by atoms with E-state index in [4.69, 9.17) is 11.6 Å². The van der Waals surface area contributed by atoms with Gasteiger partial charge in [-0.25, -0.2) is 0 Å². The molecule has 0 radical (unpaired) electrons. The van der Waals surface area contributed by atoms with Gasteiger partial charge in [-0.15, -0.1) is 0 Å². The fourth-order valence-electron chi connectivity index (χ4n) is 5.35. The van der Waals surface area contributed by atoms with Crippen LogP contribution in [0.25, 0.3) is 0 Å². The van der Waals surface area contributed by atoms with E-state index in [2.05, 4.69) is 60.3 Å². The van der Waals surface area contributed by atoms with Crippen LogP contribution in [0, 0.1) is 0 Å². The van der Waals surface area contributed by atoms with Crippen LogP contribution < -0.4 is 4.90 Å². The predicted octanol–water partition coefficient (Wildman–Crippen LogP) is 3.75.